The standard InChI is InChI=1S/C49H67NO3/c1-34(2)38-23-28-49(42(52)20-15-31-50(32-36-16-11-9-12-17-36)33-37-18-13-10-14-19-37)30-29-47(7)39(44(38)49)21-22-41-46(6)26-25-43(53-35(3)51)45(4,5)40(46)24-27-48(41,47)8/h9-14,16-19,38-44,52H,1,21-33H2,2-8H3/t38-,39+,40-,41+,42-,43-,44+,46-,47+,48+,49+/m0/s1. The van der Waals surface area contributed by atoms with Crippen molar-refractivity contribution in [3.63, 3.8) is 0 Å². The Morgan fingerprint density at radius 2 is 1.45 bits per heavy atom. The molecule has 0 saturated heterocycles. The van der Waals surface area contributed by atoms with Gasteiger partial charge in [0.1, 0.15) is 12.2 Å². The van der Waals surface area contributed by atoms with E-state index in [4.69, 9.17) is 4.74 Å². The minimum Gasteiger partial charge on any atom is -0.462 e. The van der Waals surface area contributed by atoms with Gasteiger partial charge in [-0.2, -0.15) is 0 Å². The van der Waals surface area contributed by atoms with E-state index in [9.17, 15) is 9.90 Å². The summed E-state index contributed by atoms with van der Waals surface area (Å²) >= 11 is 0. The zero-order valence-electron chi connectivity index (χ0n) is 33.9. The number of aliphatic hydroxyl groups is 1. The predicted molar refractivity (Wildman–Crippen MR) is 215 cm³/mol. The van der Waals surface area contributed by atoms with Gasteiger partial charge >= 0.3 is 5.97 Å². The van der Waals surface area contributed by atoms with Crippen LogP contribution in [0.4, 0.5) is 0 Å². The van der Waals surface area contributed by atoms with Crippen LogP contribution in [-0.4, -0.2) is 34.7 Å². The summed E-state index contributed by atoms with van der Waals surface area (Å²) < 4.78 is 5.99. The van der Waals surface area contributed by atoms with Crippen molar-refractivity contribution in [1.82, 2.24) is 4.90 Å². The number of hydrogen-bond donors (Lipinski definition) is 1. The molecule has 0 radical (unpaired) electrons. The van der Waals surface area contributed by atoms with Crippen LogP contribution >= 0.6 is 0 Å². The maximum Gasteiger partial charge on any atom is 0.302 e. The van der Waals surface area contributed by atoms with Gasteiger partial charge in [0.05, 0.1) is 6.54 Å². The fraction of sp³-hybridized carbons (Fsp3) is 0.653. The van der Waals surface area contributed by atoms with Gasteiger partial charge in [-0.25, -0.2) is 0 Å². The Hall–Kier alpha value is -2.87. The molecule has 0 bridgehead atoms. The Kier molecular flexibility index (Phi) is 10.4. The van der Waals surface area contributed by atoms with Crippen molar-refractivity contribution in [1.29, 1.82) is 0 Å². The van der Waals surface area contributed by atoms with E-state index in [1.54, 1.807) is 6.92 Å². The number of esters is 1. The van der Waals surface area contributed by atoms with Crippen LogP contribution in [0.25, 0.3) is 0 Å². The molecular formula is C49H67NO3. The molecule has 5 aliphatic carbocycles. The van der Waals surface area contributed by atoms with E-state index in [2.05, 4.69) is 126 Å². The van der Waals surface area contributed by atoms with Crippen LogP contribution in [0.2, 0.25) is 0 Å². The normalized spacial score (nSPS) is 39.0. The number of hydrogen-bond acceptors (Lipinski definition) is 4. The topological polar surface area (TPSA) is 49.8 Å². The molecule has 53 heavy (non-hydrogen) atoms. The molecule has 2 aromatic rings. The lowest BCUT2D eigenvalue weighted by Gasteiger charge is -2.73. The third kappa shape index (κ3) is 6.44. The fourth-order valence-electron chi connectivity index (χ4n) is 14.3. The number of ether oxygens (including phenoxy) is 1. The number of rotatable bonds is 8. The van der Waals surface area contributed by atoms with Crippen molar-refractivity contribution in [3.05, 3.63) is 83.9 Å². The van der Waals surface area contributed by atoms with Crippen molar-refractivity contribution in [3.8, 4) is 11.8 Å². The molecule has 0 unspecified atom stereocenters. The first kappa shape index (κ1) is 38.4. The maximum atomic E-state index is 12.4. The second kappa shape index (κ2) is 14.3. The number of carbonyl (C=O) groups is 1. The molecule has 0 heterocycles. The highest BCUT2D eigenvalue weighted by atomic mass is 16.5. The first-order valence-corrected chi connectivity index (χ1v) is 20.9. The molecule has 5 saturated carbocycles. The summed E-state index contributed by atoms with van der Waals surface area (Å²) in [5, 5.41) is 12.4. The fourth-order valence-corrected chi connectivity index (χ4v) is 14.3. The van der Waals surface area contributed by atoms with Crippen molar-refractivity contribution >= 4 is 5.97 Å². The molecule has 0 spiro atoms. The SMILES string of the molecule is C=C(C)[C@@H]1CC[C@]2([C@@H](O)C#CCN(Cc3ccccc3)Cc3ccccc3)CC[C@]3(C)[C@H](CC[C@@H]4[C@@]5(C)CC[C@H](OC(C)=O)C(C)(C)[C@@H]5CC[C@]43C)[C@@H]12. The summed E-state index contributed by atoms with van der Waals surface area (Å²) in [4.78, 5) is 14.5. The molecule has 7 rings (SSSR count). The Balaban J connectivity index is 1.15. The summed E-state index contributed by atoms with van der Waals surface area (Å²) in [7, 11) is 0. The van der Waals surface area contributed by atoms with E-state index in [1.807, 2.05) is 0 Å². The van der Waals surface area contributed by atoms with E-state index in [0.717, 1.165) is 51.6 Å². The van der Waals surface area contributed by atoms with E-state index in [-0.39, 0.29) is 39.1 Å². The van der Waals surface area contributed by atoms with Crippen LogP contribution in [-0.2, 0) is 22.6 Å². The van der Waals surface area contributed by atoms with E-state index in [0.29, 0.717) is 36.1 Å². The summed E-state index contributed by atoms with van der Waals surface area (Å²) in [5.41, 5.74) is 4.30. The Morgan fingerprint density at radius 1 is 0.811 bits per heavy atom. The number of carbonyl (C=O) groups excluding carboxylic acids is 1. The van der Waals surface area contributed by atoms with Crippen molar-refractivity contribution in [2.45, 2.75) is 138 Å². The highest BCUT2D eigenvalue weighted by Crippen LogP contribution is 2.78. The second-order valence-electron chi connectivity index (χ2n) is 19.7. The Labute approximate surface area is 321 Å². The third-order valence-corrected chi connectivity index (χ3v) is 17.0. The lowest BCUT2D eigenvalue weighted by molar-refractivity contribution is -0.253. The van der Waals surface area contributed by atoms with Gasteiger partial charge in [-0.05, 0) is 128 Å². The van der Waals surface area contributed by atoms with E-state index in [1.165, 1.54) is 42.4 Å². The molecule has 5 fully saturated rings. The molecule has 4 heteroatoms. The molecule has 0 aliphatic heterocycles. The first-order valence-electron chi connectivity index (χ1n) is 20.9. The Bertz CT molecular complexity index is 1670. The van der Waals surface area contributed by atoms with Gasteiger partial charge < -0.3 is 9.84 Å². The Morgan fingerprint density at radius 3 is 2.06 bits per heavy atom. The van der Waals surface area contributed by atoms with Gasteiger partial charge in [-0.15, -0.1) is 0 Å². The third-order valence-electron chi connectivity index (χ3n) is 17.0. The molecule has 0 aromatic heterocycles. The molecule has 11 atom stereocenters. The molecule has 5 aliphatic rings. The maximum absolute atomic E-state index is 12.4. The number of benzene rings is 2. The molecule has 1 N–H and O–H groups in total. The highest BCUT2D eigenvalue weighted by Gasteiger charge is 2.71. The molecule has 286 valence electrons. The van der Waals surface area contributed by atoms with E-state index < -0.39 is 6.10 Å². The van der Waals surface area contributed by atoms with Gasteiger partial charge in [0.15, 0.2) is 0 Å². The molecule has 2 aromatic carbocycles. The van der Waals surface area contributed by atoms with Gasteiger partial charge in [-0.1, -0.05) is 119 Å². The number of allylic oxidation sites excluding steroid dienone is 1. The van der Waals surface area contributed by atoms with Crippen molar-refractivity contribution < 1.29 is 14.6 Å². The summed E-state index contributed by atoms with van der Waals surface area (Å²) in [6.45, 7) is 23.4. The van der Waals surface area contributed by atoms with Crippen LogP contribution in [0, 0.1) is 68.5 Å². The highest BCUT2D eigenvalue weighted by molar-refractivity contribution is 5.66. The average molecular weight is 718 g/mol. The zero-order valence-corrected chi connectivity index (χ0v) is 33.9. The van der Waals surface area contributed by atoms with Gasteiger partial charge in [0, 0.05) is 30.8 Å². The first-order chi connectivity index (χ1) is 25.2. The number of aliphatic hydroxyl groups excluding tert-OH is 1. The zero-order chi connectivity index (χ0) is 37.8. The lowest BCUT2D eigenvalue weighted by atomic mass is 9.32. The number of nitrogens with zero attached hydrogens (tertiary/aromatic N) is 1. The molecule has 4 nitrogen and oxygen atoms in total. The van der Waals surface area contributed by atoms with E-state index >= 15 is 0 Å². The molecule has 0 amide bonds. The van der Waals surface area contributed by atoms with Crippen LogP contribution in [0.3, 0.4) is 0 Å². The average Bonchev–Trinajstić information content (AvgIpc) is 3.52. The van der Waals surface area contributed by atoms with Crippen LogP contribution < -0.4 is 0 Å². The molecular weight excluding hydrogens is 651 g/mol. The quantitative estimate of drug-likeness (QED) is 0.168. The van der Waals surface area contributed by atoms with Gasteiger partial charge in [-0.3, -0.25) is 9.69 Å². The predicted octanol–water partition coefficient (Wildman–Crippen LogP) is 10.6. The van der Waals surface area contributed by atoms with Crippen molar-refractivity contribution in [2.24, 2.45) is 56.7 Å². The second-order valence-corrected chi connectivity index (χ2v) is 19.7. The van der Waals surface area contributed by atoms with Gasteiger partial charge in [0.25, 0.3) is 0 Å². The minimum absolute atomic E-state index is 0.00539. The summed E-state index contributed by atoms with van der Waals surface area (Å²) in [6.07, 6.45) is 10.8. The summed E-state index contributed by atoms with van der Waals surface area (Å²) in [5.74, 6) is 9.51. The van der Waals surface area contributed by atoms with Crippen LogP contribution in [0.1, 0.15) is 124 Å². The van der Waals surface area contributed by atoms with Crippen LogP contribution in [0.5, 0.6) is 0 Å². The monoisotopic (exact) mass is 718 g/mol. The smallest absolute Gasteiger partial charge is 0.302 e. The summed E-state index contributed by atoms with van der Waals surface area (Å²) in [6, 6.07) is 21.3. The van der Waals surface area contributed by atoms with Crippen LogP contribution in [0.15, 0.2) is 72.8 Å². The van der Waals surface area contributed by atoms with Gasteiger partial charge in [0.2, 0.25) is 0 Å². The lowest BCUT2D eigenvalue weighted by Crippen LogP contribution is -2.67. The number of fused-ring (bicyclic) bond motifs is 7. The minimum atomic E-state index is -0.632. The van der Waals surface area contributed by atoms with Crippen molar-refractivity contribution in [2.75, 3.05) is 6.54 Å². The largest absolute Gasteiger partial charge is 0.462 e.